The van der Waals surface area contributed by atoms with E-state index in [1.54, 1.807) is 13.8 Å². The SMILES string of the molecule is CC(C)C(N)C(=O)NCC(=O)NCC(=O)NC(C(=O)O)C(C)O. The zero-order chi connectivity index (χ0) is 18.2. The fraction of sp³-hybridized carbons (Fsp3) is 0.692. The molecule has 10 nitrogen and oxygen atoms in total. The number of aliphatic hydroxyl groups is 1. The van der Waals surface area contributed by atoms with E-state index in [4.69, 9.17) is 10.8 Å². The van der Waals surface area contributed by atoms with Gasteiger partial charge >= 0.3 is 5.97 Å². The van der Waals surface area contributed by atoms with Gasteiger partial charge in [0.1, 0.15) is 0 Å². The average Bonchev–Trinajstić information content (AvgIpc) is 2.46. The Morgan fingerprint density at radius 1 is 1.00 bits per heavy atom. The molecule has 0 aliphatic heterocycles. The summed E-state index contributed by atoms with van der Waals surface area (Å²) in [5, 5.41) is 24.6. The topological polar surface area (TPSA) is 171 Å². The van der Waals surface area contributed by atoms with Crippen LogP contribution in [-0.4, -0.2) is 65.2 Å². The van der Waals surface area contributed by atoms with Crippen molar-refractivity contribution in [1.82, 2.24) is 16.0 Å². The molecule has 10 heteroatoms. The molecule has 0 fully saturated rings. The number of rotatable bonds is 9. The number of nitrogens with two attached hydrogens (primary N) is 1. The van der Waals surface area contributed by atoms with Crippen LogP contribution in [0.2, 0.25) is 0 Å². The van der Waals surface area contributed by atoms with Crippen molar-refractivity contribution in [3.8, 4) is 0 Å². The van der Waals surface area contributed by atoms with Gasteiger partial charge in [-0.1, -0.05) is 13.8 Å². The number of hydrogen-bond donors (Lipinski definition) is 6. The molecule has 0 saturated heterocycles. The van der Waals surface area contributed by atoms with Gasteiger partial charge < -0.3 is 31.9 Å². The highest BCUT2D eigenvalue weighted by Gasteiger charge is 2.25. The molecular formula is C13H24N4O6. The van der Waals surface area contributed by atoms with E-state index in [2.05, 4.69) is 16.0 Å². The fourth-order valence-corrected chi connectivity index (χ4v) is 1.44. The van der Waals surface area contributed by atoms with E-state index < -0.39 is 48.4 Å². The average molecular weight is 332 g/mol. The number of carbonyl (C=O) groups excluding carboxylic acids is 3. The summed E-state index contributed by atoms with van der Waals surface area (Å²) in [6.07, 6.45) is -1.29. The van der Waals surface area contributed by atoms with Crippen molar-refractivity contribution < 1.29 is 29.4 Å². The second-order valence-corrected chi connectivity index (χ2v) is 5.39. The number of carboxylic acid groups (broad SMARTS) is 1. The minimum Gasteiger partial charge on any atom is -0.480 e. The van der Waals surface area contributed by atoms with Crippen molar-refractivity contribution in [2.45, 2.75) is 39.0 Å². The lowest BCUT2D eigenvalue weighted by Crippen LogP contribution is -2.51. The summed E-state index contributed by atoms with van der Waals surface area (Å²) in [5.74, 6) is -3.38. The largest absolute Gasteiger partial charge is 0.480 e. The summed E-state index contributed by atoms with van der Waals surface area (Å²) < 4.78 is 0. The normalized spacial score (nSPS) is 14.5. The molecule has 0 radical (unpaired) electrons. The van der Waals surface area contributed by atoms with E-state index in [0.29, 0.717) is 0 Å². The number of aliphatic hydroxyl groups excluding tert-OH is 1. The van der Waals surface area contributed by atoms with E-state index >= 15 is 0 Å². The maximum Gasteiger partial charge on any atom is 0.328 e. The molecule has 0 aliphatic carbocycles. The molecule has 0 bridgehead atoms. The second-order valence-electron chi connectivity index (χ2n) is 5.39. The number of carbonyl (C=O) groups is 4. The Morgan fingerprint density at radius 3 is 1.96 bits per heavy atom. The van der Waals surface area contributed by atoms with Crippen LogP contribution < -0.4 is 21.7 Å². The van der Waals surface area contributed by atoms with Gasteiger partial charge in [-0.25, -0.2) is 4.79 Å². The number of nitrogens with one attached hydrogen (secondary N) is 3. The van der Waals surface area contributed by atoms with Crippen molar-refractivity contribution >= 4 is 23.7 Å². The Labute approximate surface area is 133 Å². The molecule has 3 unspecified atom stereocenters. The molecular weight excluding hydrogens is 308 g/mol. The lowest BCUT2D eigenvalue weighted by atomic mass is 10.1. The van der Waals surface area contributed by atoms with Gasteiger partial charge in [0.25, 0.3) is 0 Å². The second kappa shape index (κ2) is 9.74. The van der Waals surface area contributed by atoms with Gasteiger partial charge in [0.15, 0.2) is 6.04 Å². The molecule has 0 aromatic heterocycles. The Kier molecular flexibility index (Phi) is 8.81. The molecule has 3 atom stereocenters. The van der Waals surface area contributed by atoms with Gasteiger partial charge in [-0.2, -0.15) is 0 Å². The third kappa shape index (κ3) is 8.12. The first-order valence-electron chi connectivity index (χ1n) is 7.06. The first-order valence-corrected chi connectivity index (χ1v) is 7.06. The maximum atomic E-state index is 11.5. The summed E-state index contributed by atoms with van der Waals surface area (Å²) in [6, 6.07) is -2.21. The molecule has 7 N–H and O–H groups in total. The molecule has 0 aromatic rings. The van der Waals surface area contributed by atoms with Gasteiger partial charge in [0, 0.05) is 0 Å². The summed E-state index contributed by atoms with van der Waals surface area (Å²) in [7, 11) is 0. The molecule has 0 heterocycles. The third-order valence-corrected chi connectivity index (χ3v) is 2.96. The number of aliphatic carboxylic acids is 1. The van der Waals surface area contributed by atoms with Crippen LogP contribution in [0.3, 0.4) is 0 Å². The Balaban J connectivity index is 4.17. The molecule has 0 spiro atoms. The first-order chi connectivity index (χ1) is 10.6. The van der Waals surface area contributed by atoms with E-state index in [9.17, 15) is 24.3 Å². The zero-order valence-electron chi connectivity index (χ0n) is 13.3. The highest BCUT2D eigenvalue weighted by molar-refractivity contribution is 5.90. The molecule has 23 heavy (non-hydrogen) atoms. The van der Waals surface area contributed by atoms with E-state index in [0.717, 1.165) is 0 Å². The summed E-state index contributed by atoms with van der Waals surface area (Å²) in [6.45, 7) is 3.89. The van der Waals surface area contributed by atoms with Crippen molar-refractivity contribution in [1.29, 1.82) is 0 Å². The number of carboxylic acids is 1. The van der Waals surface area contributed by atoms with Crippen LogP contribution in [0, 0.1) is 5.92 Å². The van der Waals surface area contributed by atoms with E-state index in [1.807, 2.05) is 0 Å². The van der Waals surface area contributed by atoms with E-state index in [1.165, 1.54) is 6.92 Å². The number of amides is 3. The fourth-order valence-electron chi connectivity index (χ4n) is 1.44. The van der Waals surface area contributed by atoms with Gasteiger partial charge in [-0.15, -0.1) is 0 Å². The predicted molar refractivity (Wildman–Crippen MR) is 80.1 cm³/mol. The van der Waals surface area contributed by atoms with Crippen LogP contribution in [0.25, 0.3) is 0 Å². The van der Waals surface area contributed by atoms with Crippen LogP contribution in [0.15, 0.2) is 0 Å². The van der Waals surface area contributed by atoms with Crippen LogP contribution in [-0.2, 0) is 19.2 Å². The number of hydrogen-bond acceptors (Lipinski definition) is 6. The smallest absolute Gasteiger partial charge is 0.328 e. The standard InChI is InChI=1S/C13H24N4O6/c1-6(2)10(14)12(21)16-4-8(19)15-5-9(20)17-11(7(3)18)13(22)23/h6-7,10-11,18H,4-5,14H2,1-3H3,(H,15,19)(H,16,21)(H,17,20)(H,22,23). The van der Waals surface area contributed by atoms with Crippen molar-refractivity contribution in [3.05, 3.63) is 0 Å². The molecule has 3 amide bonds. The summed E-state index contributed by atoms with van der Waals surface area (Å²) >= 11 is 0. The van der Waals surface area contributed by atoms with Crippen LogP contribution in [0.4, 0.5) is 0 Å². The van der Waals surface area contributed by atoms with Gasteiger partial charge in [0.05, 0.1) is 25.2 Å². The minimum atomic E-state index is -1.47. The van der Waals surface area contributed by atoms with E-state index in [-0.39, 0.29) is 12.5 Å². The predicted octanol–water partition coefficient (Wildman–Crippen LogP) is -2.85. The van der Waals surface area contributed by atoms with Gasteiger partial charge in [-0.05, 0) is 12.8 Å². The monoisotopic (exact) mass is 332 g/mol. The lowest BCUT2D eigenvalue weighted by Gasteiger charge is -2.17. The molecule has 0 saturated carbocycles. The molecule has 0 aromatic carbocycles. The highest BCUT2D eigenvalue weighted by atomic mass is 16.4. The zero-order valence-corrected chi connectivity index (χ0v) is 13.3. The molecule has 0 rings (SSSR count). The van der Waals surface area contributed by atoms with Crippen LogP contribution in [0.1, 0.15) is 20.8 Å². The summed E-state index contributed by atoms with van der Waals surface area (Å²) in [5.41, 5.74) is 5.59. The van der Waals surface area contributed by atoms with Crippen LogP contribution in [0.5, 0.6) is 0 Å². The Hall–Kier alpha value is -2.20. The van der Waals surface area contributed by atoms with Crippen molar-refractivity contribution in [2.24, 2.45) is 11.7 Å². The van der Waals surface area contributed by atoms with Crippen molar-refractivity contribution in [2.75, 3.05) is 13.1 Å². The highest BCUT2D eigenvalue weighted by Crippen LogP contribution is 1.97. The van der Waals surface area contributed by atoms with Crippen LogP contribution >= 0.6 is 0 Å². The maximum absolute atomic E-state index is 11.5. The minimum absolute atomic E-state index is 0.0859. The first kappa shape index (κ1) is 20.8. The van der Waals surface area contributed by atoms with Gasteiger partial charge in [-0.3, -0.25) is 14.4 Å². The molecule has 0 aliphatic rings. The van der Waals surface area contributed by atoms with Crippen molar-refractivity contribution in [3.63, 3.8) is 0 Å². The lowest BCUT2D eigenvalue weighted by molar-refractivity contribution is -0.144. The summed E-state index contributed by atoms with van der Waals surface area (Å²) in [4.78, 5) is 45.3. The van der Waals surface area contributed by atoms with Gasteiger partial charge in [0.2, 0.25) is 17.7 Å². The quantitative estimate of drug-likeness (QED) is 0.264. The Bertz CT molecular complexity index is 452. The Morgan fingerprint density at radius 2 is 1.52 bits per heavy atom. The third-order valence-electron chi connectivity index (χ3n) is 2.96. The molecule has 132 valence electrons.